The molecule has 0 aromatic heterocycles. The van der Waals surface area contributed by atoms with Crippen LogP contribution in [0.2, 0.25) is 0 Å². The molecule has 0 aromatic rings. The van der Waals surface area contributed by atoms with Crippen molar-refractivity contribution in [2.24, 2.45) is 0 Å². The summed E-state index contributed by atoms with van der Waals surface area (Å²) >= 11 is 0. The van der Waals surface area contributed by atoms with E-state index in [0.717, 1.165) is 25.9 Å². The van der Waals surface area contributed by atoms with E-state index in [4.69, 9.17) is 0 Å². The quantitative estimate of drug-likeness (QED) is 0.354. The second-order valence-electron chi connectivity index (χ2n) is 6.28. The second-order valence-corrected chi connectivity index (χ2v) is 6.28. The normalized spacial score (nSPS) is 10.7. The number of carbonyl (C=O) groups excluding carboxylic acids is 1. The highest BCUT2D eigenvalue weighted by atomic mass is 16.2. The number of urea groups is 1. The molecule has 0 unspecified atom stereocenters. The molecular formula is C19H39N2O. The fourth-order valence-corrected chi connectivity index (χ4v) is 2.64. The van der Waals surface area contributed by atoms with Crippen LogP contribution in [0.5, 0.6) is 0 Å². The summed E-state index contributed by atoms with van der Waals surface area (Å²) in [6, 6.07) is 0.00427. The van der Waals surface area contributed by atoms with Crippen molar-refractivity contribution in [2.45, 2.75) is 97.8 Å². The Morgan fingerprint density at radius 2 is 1.23 bits per heavy atom. The van der Waals surface area contributed by atoms with Crippen LogP contribution in [0.25, 0.3) is 0 Å². The first-order valence-electron chi connectivity index (χ1n) is 9.72. The molecule has 0 N–H and O–H groups in total. The molecule has 2 amide bonds. The topological polar surface area (TPSA) is 34.4 Å². The van der Waals surface area contributed by atoms with Gasteiger partial charge in [-0.15, -0.1) is 0 Å². The number of nitrogens with zero attached hydrogens (tertiary/aromatic N) is 2. The van der Waals surface area contributed by atoms with E-state index in [-0.39, 0.29) is 6.03 Å². The molecule has 0 spiro atoms. The van der Waals surface area contributed by atoms with Crippen LogP contribution in [0.1, 0.15) is 97.8 Å². The van der Waals surface area contributed by atoms with Crippen molar-refractivity contribution in [1.29, 1.82) is 0 Å². The van der Waals surface area contributed by atoms with Gasteiger partial charge in [-0.25, -0.2) is 10.1 Å². The zero-order chi connectivity index (χ0) is 16.5. The first kappa shape index (κ1) is 21.3. The smallest absolute Gasteiger partial charge is 0.323 e. The molecule has 0 aliphatic heterocycles. The molecule has 0 aromatic carbocycles. The van der Waals surface area contributed by atoms with Crippen molar-refractivity contribution in [3.8, 4) is 0 Å². The molecule has 131 valence electrons. The Morgan fingerprint density at radius 3 is 1.77 bits per heavy atom. The fraction of sp³-hybridized carbons (Fsp3) is 0.947. The number of carbonyl (C=O) groups is 1. The van der Waals surface area contributed by atoms with Crippen LogP contribution in [-0.2, 0) is 0 Å². The fourth-order valence-electron chi connectivity index (χ4n) is 2.64. The van der Waals surface area contributed by atoms with E-state index in [1.54, 1.807) is 0 Å². The molecule has 0 saturated carbocycles. The summed E-state index contributed by atoms with van der Waals surface area (Å²) in [7, 11) is 0. The predicted octanol–water partition coefficient (Wildman–Crippen LogP) is 5.75. The van der Waals surface area contributed by atoms with Crippen LogP contribution >= 0.6 is 0 Å². The van der Waals surface area contributed by atoms with Crippen molar-refractivity contribution >= 4 is 6.03 Å². The van der Waals surface area contributed by atoms with E-state index < -0.39 is 0 Å². The van der Waals surface area contributed by atoms with Crippen molar-refractivity contribution in [3.63, 3.8) is 0 Å². The lowest BCUT2D eigenvalue weighted by Crippen LogP contribution is -2.37. The van der Waals surface area contributed by atoms with Crippen molar-refractivity contribution in [2.75, 3.05) is 19.6 Å². The molecule has 0 atom stereocenters. The highest BCUT2D eigenvalue weighted by Gasteiger charge is 2.11. The Labute approximate surface area is 139 Å². The molecule has 22 heavy (non-hydrogen) atoms. The van der Waals surface area contributed by atoms with Crippen molar-refractivity contribution in [1.82, 2.24) is 10.2 Å². The van der Waals surface area contributed by atoms with Gasteiger partial charge in [0.25, 0.3) is 0 Å². The first-order chi connectivity index (χ1) is 10.8. The average Bonchev–Trinajstić information content (AvgIpc) is 2.53. The summed E-state index contributed by atoms with van der Waals surface area (Å²) in [5.41, 5.74) is 0. The summed E-state index contributed by atoms with van der Waals surface area (Å²) in [4.78, 5) is 13.9. The lowest BCUT2D eigenvalue weighted by Gasteiger charge is -2.20. The van der Waals surface area contributed by atoms with Gasteiger partial charge in [-0.05, 0) is 19.8 Å². The third-order valence-electron chi connectivity index (χ3n) is 4.19. The van der Waals surface area contributed by atoms with Gasteiger partial charge in [-0.1, -0.05) is 78.1 Å². The summed E-state index contributed by atoms with van der Waals surface area (Å²) in [5, 5.41) is 4.23. The zero-order valence-electron chi connectivity index (χ0n) is 15.4. The van der Waals surface area contributed by atoms with Gasteiger partial charge in [-0.3, -0.25) is 0 Å². The predicted molar refractivity (Wildman–Crippen MR) is 96.4 cm³/mol. The first-order valence-corrected chi connectivity index (χ1v) is 9.72. The van der Waals surface area contributed by atoms with Gasteiger partial charge in [0.15, 0.2) is 0 Å². The van der Waals surface area contributed by atoms with E-state index in [1.165, 1.54) is 64.2 Å². The molecule has 1 radical (unpaired) electrons. The van der Waals surface area contributed by atoms with E-state index >= 15 is 0 Å². The molecule has 0 aliphatic carbocycles. The van der Waals surface area contributed by atoms with Crippen LogP contribution < -0.4 is 5.32 Å². The molecule has 3 nitrogen and oxygen atoms in total. The molecule has 0 fully saturated rings. The van der Waals surface area contributed by atoms with Crippen LogP contribution in [0.15, 0.2) is 0 Å². The van der Waals surface area contributed by atoms with Crippen molar-refractivity contribution < 1.29 is 4.79 Å². The molecule has 0 rings (SSSR count). The SMILES string of the molecule is CCCCCCCC[N]C(=O)N(CC)CCCCCCCC. The van der Waals surface area contributed by atoms with Gasteiger partial charge in [0.2, 0.25) is 0 Å². The van der Waals surface area contributed by atoms with Gasteiger partial charge in [-0.2, -0.15) is 0 Å². The second kappa shape index (κ2) is 16.6. The third-order valence-corrected chi connectivity index (χ3v) is 4.19. The Kier molecular flexibility index (Phi) is 16.1. The van der Waals surface area contributed by atoms with Crippen LogP contribution in [0.4, 0.5) is 4.79 Å². The van der Waals surface area contributed by atoms with Gasteiger partial charge >= 0.3 is 6.03 Å². The Morgan fingerprint density at radius 1 is 0.727 bits per heavy atom. The highest BCUT2D eigenvalue weighted by Crippen LogP contribution is 2.07. The molecule has 0 saturated heterocycles. The summed E-state index contributed by atoms with van der Waals surface area (Å²) < 4.78 is 0. The van der Waals surface area contributed by atoms with Gasteiger partial charge in [0.05, 0.1) is 0 Å². The summed E-state index contributed by atoms with van der Waals surface area (Å²) in [6.07, 6.45) is 15.1. The standard InChI is InChI=1S/C19H39N2O/c1-4-7-9-11-13-15-17-20-19(22)21(6-3)18-16-14-12-10-8-5-2/h4-18H2,1-3H3. The largest absolute Gasteiger partial charge is 0.338 e. The molecule has 0 aliphatic rings. The minimum atomic E-state index is 0.00427. The maximum absolute atomic E-state index is 12.0. The number of unbranched alkanes of at least 4 members (excludes halogenated alkanes) is 10. The summed E-state index contributed by atoms with van der Waals surface area (Å²) in [5.74, 6) is 0. The van der Waals surface area contributed by atoms with Crippen LogP contribution in [-0.4, -0.2) is 30.6 Å². The number of rotatable bonds is 15. The van der Waals surface area contributed by atoms with Crippen molar-refractivity contribution in [3.05, 3.63) is 0 Å². The van der Waals surface area contributed by atoms with E-state index in [2.05, 4.69) is 26.1 Å². The third kappa shape index (κ3) is 13.0. The Bertz CT molecular complexity index is 244. The highest BCUT2D eigenvalue weighted by molar-refractivity contribution is 5.73. The average molecular weight is 312 g/mol. The minimum absolute atomic E-state index is 0.00427. The number of amides is 2. The van der Waals surface area contributed by atoms with Crippen LogP contribution in [0, 0.1) is 0 Å². The van der Waals surface area contributed by atoms with E-state index in [0.29, 0.717) is 6.54 Å². The van der Waals surface area contributed by atoms with Gasteiger partial charge < -0.3 is 4.90 Å². The molecule has 0 bridgehead atoms. The van der Waals surface area contributed by atoms with Crippen LogP contribution in [0.3, 0.4) is 0 Å². The number of hydrogen-bond donors (Lipinski definition) is 0. The molecule has 0 heterocycles. The Balaban J connectivity index is 3.55. The van der Waals surface area contributed by atoms with E-state index in [9.17, 15) is 4.79 Å². The summed E-state index contributed by atoms with van der Waals surface area (Å²) in [6.45, 7) is 8.89. The lowest BCUT2D eigenvalue weighted by atomic mass is 10.1. The maximum atomic E-state index is 12.0. The molecular weight excluding hydrogens is 272 g/mol. The van der Waals surface area contributed by atoms with Gasteiger partial charge in [0, 0.05) is 19.6 Å². The lowest BCUT2D eigenvalue weighted by molar-refractivity contribution is 0.198. The monoisotopic (exact) mass is 311 g/mol. The Hall–Kier alpha value is -0.730. The van der Waals surface area contributed by atoms with E-state index in [1.807, 2.05) is 4.90 Å². The molecule has 3 heteroatoms. The number of hydrogen-bond acceptors (Lipinski definition) is 1. The zero-order valence-corrected chi connectivity index (χ0v) is 15.4. The minimum Gasteiger partial charge on any atom is -0.323 e. The maximum Gasteiger partial charge on any atom is 0.338 e. The van der Waals surface area contributed by atoms with Gasteiger partial charge in [0.1, 0.15) is 0 Å².